The summed E-state index contributed by atoms with van der Waals surface area (Å²) in [6.45, 7) is 3.12. The minimum atomic E-state index is 0.194. The molecule has 1 aliphatic heterocycles. The summed E-state index contributed by atoms with van der Waals surface area (Å²) < 4.78 is 0. The quantitative estimate of drug-likeness (QED) is 0.322. The van der Waals surface area contributed by atoms with Crippen molar-refractivity contribution in [2.24, 2.45) is 0 Å². The van der Waals surface area contributed by atoms with E-state index in [0.717, 1.165) is 6.54 Å². The Kier molecular flexibility index (Phi) is 0.478. The molecule has 5 heavy (non-hydrogen) atoms. The monoisotopic (exact) mass is 89.0 g/mol. The van der Waals surface area contributed by atoms with Gasteiger partial charge in [0.1, 0.15) is 0 Å². The fraction of sp³-hybridized carbons (Fsp3) is 1.00. The summed E-state index contributed by atoms with van der Waals surface area (Å²) in [6, 6.07) is 0. The maximum Gasteiger partial charge on any atom is 0.0714 e. The SMILES string of the molecule is CC1(S)CN1. The summed E-state index contributed by atoms with van der Waals surface area (Å²) in [7, 11) is 0. The molecule has 30 valence electrons. The molecule has 0 saturated carbocycles. The molecule has 0 aromatic rings. The second kappa shape index (κ2) is 0.684. The van der Waals surface area contributed by atoms with Crippen molar-refractivity contribution in [1.29, 1.82) is 0 Å². The molecule has 1 nitrogen and oxygen atoms in total. The molecule has 1 aliphatic rings. The first-order valence-corrected chi connectivity index (χ1v) is 2.13. The van der Waals surface area contributed by atoms with Crippen molar-refractivity contribution in [3.05, 3.63) is 0 Å². The lowest BCUT2D eigenvalue weighted by atomic mass is 10.6. The van der Waals surface area contributed by atoms with Crippen LogP contribution in [0.5, 0.6) is 0 Å². The van der Waals surface area contributed by atoms with Crippen molar-refractivity contribution in [2.45, 2.75) is 11.8 Å². The Morgan fingerprint density at radius 1 is 2.00 bits per heavy atom. The second-order valence-corrected chi connectivity index (χ2v) is 2.61. The van der Waals surface area contributed by atoms with Crippen LogP contribution in [0.1, 0.15) is 6.92 Å². The molecule has 1 atom stereocenters. The molecule has 2 heteroatoms. The Morgan fingerprint density at radius 2 is 2.20 bits per heavy atom. The third-order valence-electron chi connectivity index (χ3n) is 0.688. The highest BCUT2D eigenvalue weighted by atomic mass is 32.1. The van der Waals surface area contributed by atoms with E-state index in [1.54, 1.807) is 0 Å². The Morgan fingerprint density at radius 3 is 2.20 bits per heavy atom. The largest absolute Gasteiger partial charge is 0.299 e. The Bertz CT molecular complexity index is 44.9. The van der Waals surface area contributed by atoms with Crippen LogP contribution in [0.4, 0.5) is 0 Å². The molecule has 1 heterocycles. The summed E-state index contributed by atoms with van der Waals surface area (Å²) in [6.07, 6.45) is 0. The topological polar surface area (TPSA) is 21.9 Å². The van der Waals surface area contributed by atoms with Crippen LogP contribution in [-0.4, -0.2) is 11.4 Å². The molecule has 0 aromatic heterocycles. The summed E-state index contributed by atoms with van der Waals surface area (Å²) >= 11 is 4.12. The fourth-order valence-electron chi connectivity index (χ4n) is 0.128. The number of thiol groups is 1. The summed E-state index contributed by atoms with van der Waals surface area (Å²) in [5.41, 5.74) is 0. The second-order valence-electron chi connectivity index (χ2n) is 1.63. The van der Waals surface area contributed by atoms with E-state index in [-0.39, 0.29) is 4.87 Å². The van der Waals surface area contributed by atoms with Gasteiger partial charge in [-0.2, -0.15) is 12.6 Å². The van der Waals surface area contributed by atoms with Crippen LogP contribution in [0.25, 0.3) is 0 Å². The Hall–Kier alpha value is 0.310. The van der Waals surface area contributed by atoms with Crippen LogP contribution < -0.4 is 5.32 Å². The van der Waals surface area contributed by atoms with Crippen LogP contribution >= 0.6 is 12.6 Å². The molecule has 1 unspecified atom stereocenters. The highest BCUT2D eigenvalue weighted by Gasteiger charge is 2.30. The van der Waals surface area contributed by atoms with Crippen molar-refractivity contribution in [1.82, 2.24) is 5.32 Å². The van der Waals surface area contributed by atoms with E-state index in [0.29, 0.717) is 0 Å². The zero-order chi connectivity index (χ0) is 3.91. The van der Waals surface area contributed by atoms with Gasteiger partial charge in [0.2, 0.25) is 0 Å². The van der Waals surface area contributed by atoms with Gasteiger partial charge in [-0.1, -0.05) is 0 Å². The first-order chi connectivity index (χ1) is 2.21. The van der Waals surface area contributed by atoms with E-state index in [2.05, 4.69) is 24.9 Å². The summed E-state index contributed by atoms with van der Waals surface area (Å²) in [5, 5.41) is 3.04. The van der Waals surface area contributed by atoms with Crippen LogP contribution in [0.15, 0.2) is 0 Å². The van der Waals surface area contributed by atoms with E-state index < -0.39 is 0 Å². The van der Waals surface area contributed by atoms with Crippen molar-refractivity contribution in [2.75, 3.05) is 6.54 Å². The average Bonchev–Trinajstić information content (AvgIpc) is 1.76. The molecule has 1 fully saturated rings. The highest BCUT2D eigenvalue weighted by Crippen LogP contribution is 2.18. The maximum absolute atomic E-state index is 4.12. The van der Waals surface area contributed by atoms with Crippen molar-refractivity contribution < 1.29 is 0 Å². The van der Waals surface area contributed by atoms with Gasteiger partial charge in [-0.15, -0.1) is 0 Å². The van der Waals surface area contributed by atoms with E-state index in [9.17, 15) is 0 Å². The third kappa shape index (κ3) is 0.816. The lowest BCUT2D eigenvalue weighted by molar-refractivity contribution is 1.02. The molecule has 0 spiro atoms. The van der Waals surface area contributed by atoms with Gasteiger partial charge < -0.3 is 0 Å². The Labute approximate surface area is 37.2 Å². The molecular weight excluding hydrogens is 82.1 g/mol. The molecule has 1 saturated heterocycles. The predicted octanol–water partition coefficient (Wildman–Crippen LogP) is 0.236. The fourth-order valence-corrected chi connectivity index (χ4v) is 0.207. The smallest absolute Gasteiger partial charge is 0.0714 e. The normalized spacial score (nSPS) is 49.2. The Balaban J connectivity index is 2.38. The maximum atomic E-state index is 4.12. The standard InChI is InChI=1S/C3H7NS/c1-3(5)2-4-3/h4-5H,2H2,1H3. The van der Waals surface area contributed by atoms with Crippen LogP contribution in [0, 0.1) is 0 Å². The first-order valence-electron chi connectivity index (χ1n) is 1.68. The molecular formula is C3H7NS. The summed E-state index contributed by atoms with van der Waals surface area (Å²) in [4.78, 5) is 0.194. The molecule has 1 rings (SSSR count). The minimum absolute atomic E-state index is 0.194. The molecule has 0 radical (unpaired) electrons. The number of nitrogens with one attached hydrogen (secondary N) is 1. The molecule has 0 amide bonds. The van der Waals surface area contributed by atoms with Crippen LogP contribution in [-0.2, 0) is 0 Å². The average molecular weight is 89.2 g/mol. The number of hydrogen-bond donors (Lipinski definition) is 2. The van der Waals surface area contributed by atoms with Gasteiger partial charge in [0, 0.05) is 6.54 Å². The van der Waals surface area contributed by atoms with Crippen molar-refractivity contribution >= 4 is 12.6 Å². The van der Waals surface area contributed by atoms with Gasteiger partial charge in [-0.25, -0.2) is 0 Å². The van der Waals surface area contributed by atoms with E-state index in [1.807, 2.05) is 0 Å². The van der Waals surface area contributed by atoms with Gasteiger partial charge in [-0.3, -0.25) is 5.32 Å². The van der Waals surface area contributed by atoms with Crippen molar-refractivity contribution in [3.63, 3.8) is 0 Å². The third-order valence-corrected chi connectivity index (χ3v) is 1.00. The van der Waals surface area contributed by atoms with Gasteiger partial charge in [0.05, 0.1) is 4.87 Å². The predicted molar refractivity (Wildman–Crippen MR) is 25.4 cm³/mol. The van der Waals surface area contributed by atoms with Crippen LogP contribution in [0.2, 0.25) is 0 Å². The number of rotatable bonds is 0. The molecule has 0 aromatic carbocycles. The van der Waals surface area contributed by atoms with Gasteiger partial charge in [0.15, 0.2) is 0 Å². The van der Waals surface area contributed by atoms with E-state index in [1.165, 1.54) is 0 Å². The minimum Gasteiger partial charge on any atom is -0.299 e. The lowest BCUT2D eigenvalue weighted by Crippen LogP contribution is -1.93. The molecule has 1 N–H and O–H groups in total. The van der Waals surface area contributed by atoms with E-state index >= 15 is 0 Å². The van der Waals surface area contributed by atoms with Crippen LogP contribution in [0.3, 0.4) is 0 Å². The van der Waals surface area contributed by atoms with Gasteiger partial charge >= 0.3 is 0 Å². The first kappa shape index (κ1) is 3.50. The molecule has 0 aliphatic carbocycles. The zero-order valence-electron chi connectivity index (χ0n) is 3.15. The lowest BCUT2D eigenvalue weighted by Gasteiger charge is -1.83. The zero-order valence-corrected chi connectivity index (χ0v) is 4.05. The molecule has 0 bridgehead atoms. The van der Waals surface area contributed by atoms with E-state index in [4.69, 9.17) is 0 Å². The van der Waals surface area contributed by atoms with Gasteiger partial charge in [-0.05, 0) is 6.92 Å². The highest BCUT2D eigenvalue weighted by molar-refractivity contribution is 7.82. The number of hydrogen-bond acceptors (Lipinski definition) is 2. The van der Waals surface area contributed by atoms with Crippen molar-refractivity contribution in [3.8, 4) is 0 Å². The summed E-state index contributed by atoms with van der Waals surface area (Å²) in [5.74, 6) is 0. The van der Waals surface area contributed by atoms with Gasteiger partial charge in [0.25, 0.3) is 0 Å².